The molecule has 0 aliphatic carbocycles. The van der Waals surface area contributed by atoms with Gasteiger partial charge in [-0.25, -0.2) is 22.5 Å². The molecule has 346 valence electrons. The second kappa shape index (κ2) is 18.3. The zero-order valence-electron chi connectivity index (χ0n) is 37.3. The molecule has 0 unspecified atom stereocenters. The molecule has 0 radical (unpaired) electrons. The summed E-state index contributed by atoms with van der Waals surface area (Å²) in [4.78, 5) is 46.1. The third-order valence-electron chi connectivity index (χ3n) is 12.3. The van der Waals surface area contributed by atoms with Crippen LogP contribution in [-0.4, -0.2) is 43.6 Å². The molecule has 2 saturated heterocycles. The maximum Gasteiger partial charge on any atom is 0.247 e. The maximum atomic E-state index is 14.1. The van der Waals surface area contributed by atoms with Gasteiger partial charge >= 0.3 is 0 Å². The number of carbonyl (C=O) groups is 3. The lowest BCUT2D eigenvalue weighted by atomic mass is 10.0. The number of nitrogens with two attached hydrogens (primary N) is 1. The Labute approximate surface area is 387 Å². The molecule has 2 aliphatic rings. The van der Waals surface area contributed by atoms with Gasteiger partial charge in [-0.3, -0.25) is 19.3 Å². The van der Waals surface area contributed by atoms with Gasteiger partial charge in [-0.05, 0) is 106 Å². The smallest absolute Gasteiger partial charge is 0.247 e. The van der Waals surface area contributed by atoms with Crippen molar-refractivity contribution in [2.24, 2.45) is 0 Å². The minimum atomic E-state index is -1.09. The Bertz CT molecular complexity index is 3220. The molecule has 17 heteroatoms. The van der Waals surface area contributed by atoms with E-state index >= 15 is 0 Å². The predicted molar refractivity (Wildman–Crippen MR) is 247 cm³/mol. The number of amides is 3. The van der Waals surface area contributed by atoms with Crippen molar-refractivity contribution in [3.8, 4) is 22.3 Å². The molecule has 3 aromatic heterocycles. The van der Waals surface area contributed by atoms with Gasteiger partial charge in [0.1, 0.15) is 23.4 Å². The summed E-state index contributed by atoms with van der Waals surface area (Å²) < 4.78 is 67.4. The Morgan fingerprint density at radius 1 is 0.691 bits per heavy atom. The van der Waals surface area contributed by atoms with Crippen molar-refractivity contribution in [2.75, 3.05) is 20.9 Å². The quantitative estimate of drug-likeness (QED) is 0.106. The van der Waals surface area contributed by atoms with Gasteiger partial charge in [0.25, 0.3) is 0 Å². The van der Waals surface area contributed by atoms with Crippen molar-refractivity contribution in [1.82, 2.24) is 19.9 Å². The van der Waals surface area contributed by atoms with E-state index in [1.54, 1.807) is 30.0 Å². The van der Waals surface area contributed by atoms with Crippen molar-refractivity contribution in [2.45, 2.75) is 72.0 Å². The summed E-state index contributed by atoms with van der Waals surface area (Å²) in [5, 5.41) is 10.8. The molecular formula is C51H44F4N8O5. The summed E-state index contributed by atoms with van der Waals surface area (Å²) in [5.74, 6) is -2.96. The molecule has 5 heterocycles. The molecule has 2 fully saturated rings. The van der Waals surface area contributed by atoms with Crippen LogP contribution in [0, 0.1) is 51.0 Å². The molecule has 5 aromatic carbocycles. The van der Waals surface area contributed by atoms with Gasteiger partial charge in [-0.1, -0.05) is 52.8 Å². The van der Waals surface area contributed by atoms with Gasteiger partial charge in [0.05, 0.1) is 39.8 Å². The number of nitrogens with zero attached hydrogens (tertiary/aromatic N) is 6. The largest absolute Gasteiger partial charge is 0.397 e. The third kappa shape index (κ3) is 8.58. The molecule has 3 N–H and O–H groups in total. The van der Waals surface area contributed by atoms with E-state index in [4.69, 9.17) is 19.8 Å². The Morgan fingerprint density at radius 3 is 1.87 bits per heavy atom. The number of halogens is 4. The number of imidazole rings is 1. The first-order valence-electron chi connectivity index (χ1n) is 21.8. The number of hydrogen-bond acceptors (Lipinski definition) is 9. The van der Waals surface area contributed by atoms with Gasteiger partial charge in [-0.15, -0.1) is 0 Å². The first-order chi connectivity index (χ1) is 32.7. The molecular weight excluding hydrogens is 881 g/mol. The first-order valence-corrected chi connectivity index (χ1v) is 21.8. The molecule has 10 rings (SSSR count). The fraction of sp³-hybridized carbons (Fsp3) is 0.216. The minimum absolute atomic E-state index is 0.117. The van der Waals surface area contributed by atoms with Crippen molar-refractivity contribution in [3.63, 3.8) is 0 Å². The summed E-state index contributed by atoms with van der Waals surface area (Å²) in [6.45, 7) is 7.92. The van der Waals surface area contributed by atoms with Crippen molar-refractivity contribution in [3.05, 3.63) is 161 Å². The number of fused-ring (bicyclic) bond motifs is 1. The number of rotatable bonds is 9. The molecule has 2 atom stereocenters. The van der Waals surface area contributed by atoms with Gasteiger partial charge in [-0.2, -0.15) is 0 Å². The van der Waals surface area contributed by atoms with Crippen LogP contribution in [0.15, 0.2) is 112 Å². The van der Waals surface area contributed by atoms with E-state index in [9.17, 15) is 31.9 Å². The van der Waals surface area contributed by atoms with Crippen LogP contribution >= 0.6 is 0 Å². The Morgan fingerprint density at radius 2 is 1.26 bits per heavy atom. The van der Waals surface area contributed by atoms with Crippen LogP contribution < -0.4 is 20.9 Å². The Hall–Kier alpha value is -8.08. The van der Waals surface area contributed by atoms with Crippen LogP contribution in [0.5, 0.6) is 0 Å². The molecule has 0 spiro atoms. The molecule has 0 saturated carbocycles. The van der Waals surface area contributed by atoms with Crippen LogP contribution in [0.4, 0.5) is 40.3 Å². The van der Waals surface area contributed by atoms with Crippen molar-refractivity contribution >= 4 is 51.5 Å². The van der Waals surface area contributed by atoms with Crippen LogP contribution in [0.1, 0.15) is 66.0 Å². The van der Waals surface area contributed by atoms with E-state index in [-0.39, 0.29) is 30.3 Å². The zero-order chi connectivity index (χ0) is 48.0. The zero-order valence-corrected chi connectivity index (χ0v) is 37.3. The predicted octanol–water partition coefficient (Wildman–Crippen LogP) is 10.5. The molecule has 0 bridgehead atoms. The minimum Gasteiger partial charge on any atom is -0.397 e. The van der Waals surface area contributed by atoms with Gasteiger partial charge in [0, 0.05) is 54.0 Å². The number of anilines is 4. The average molecular weight is 925 g/mol. The Kier molecular flexibility index (Phi) is 12.1. The second-order valence-corrected chi connectivity index (χ2v) is 16.8. The fourth-order valence-electron chi connectivity index (χ4n) is 9.09. The monoisotopic (exact) mass is 924 g/mol. The van der Waals surface area contributed by atoms with E-state index in [1.807, 2.05) is 69.3 Å². The molecule has 68 heavy (non-hydrogen) atoms. The lowest BCUT2D eigenvalue weighted by Crippen LogP contribution is -2.42. The highest BCUT2D eigenvalue weighted by Gasteiger charge is 2.39. The number of nitrogens with one attached hydrogen (secondary N) is 1. The topological polar surface area (TPSA) is 166 Å². The van der Waals surface area contributed by atoms with E-state index in [0.717, 1.165) is 74.6 Å². The highest BCUT2D eigenvalue weighted by molar-refractivity contribution is 6.08. The highest BCUT2D eigenvalue weighted by Crippen LogP contribution is 2.40. The van der Waals surface area contributed by atoms with Gasteiger partial charge in [0.15, 0.2) is 23.3 Å². The molecule has 2 aliphatic heterocycles. The number of hydrogen-bond donors (Lipinski definition) is 2. The van der Waals surface area contributed by atoms with E-state index in [2.05, 4.69) is 20.2 Å². The average Bonchev–Trinajstić information content (AvgIpc) is 4.15. The van der Waals surface area contributed by atoms with Crippen LogP contribution in [0.2, 0.25) is 0 Å². The molecule has 13 nitrogen and oxygen atoms in total. The standard InChI is InChI=1S/C29H24F2N4O2.C22H20F2N4O3/c1-17-28(18(2)37-33-17)20-8-11-25-24(14-20)32-29(34(25)16-19-6-4-3-5-7-19)26-12-13-27(36)35(26)21-9-10-22(30)23(31)15-21;1-11-21(12(2)31-27-11)13-3-6-17(25)18(9-13)26-22(30)19-7-8-20(29)28(19)14-4-5-15(23)16(24)10-14/h3-11,14-15,26H,12-13,16H2,1-2H3;3-6,9-10,19H,7-8,25H2,1-2H3,(H,26,30)/t26-;19-/m00/s1. The van der Waals surface area contributed by atoms with E-state index < -0.39 is 41.3 Å². The van der Waals surface area contributed by atoms with Crippen molar-refractivity contribution < 1.29 is 41.0 Å². The Balaban J connectivity index is 0.000000173. The van der Waals surface area contributed by atoms with Crippen molar-refractivity contribution in [1.29, 1.82) is 0 Å². The van der Waals surface area contributed by atoms with Gasteiger partial charge in [0.2, 0.25) is 17.7 Å². The number of aromatic nitrogens is 4. The summed E-state index contributed by atoms with van der Waals surface area (Å²) in [6.07, 6.45) is 1.17. The van der Waals surface area contributed by atoms with Crippen LogP contribution in [-0.2, 0) is 20.9 Å². The van der Waals surface area contributed by atoms with Crippen LogP contribution in [0.25, 0.3) is 33.3 Å². The number of aryl methyl sites for hydroxylation is 4. The van der Waals surface area contributed by atoms with Gasteiger partial charge < -0.3 is 29.6 Å². The number of benzene rings is 5. The first kappa shape index (κ1) is 45.1. The summed E-state index contributed by atoms with van der Waals surface area (Å²) >= 11 is 0. The normalized spacial score (nSPS) is 15.9. The third-order valence-corrected chi connectivity index (χ3v) is 12.3. The lowest BCUT2D eigenvalue weighted by Gasteiger charge is -2.25. The number of nitrogen functional groups attached to an aromatic ring is 1. The fourth-order valence-corrected chi connectivity index (χ4v) is 9.09. The lowest BCUT2D eigenvalue weighted by molar-refractivity contribution is -0.120. The maximum absolute atomic E-state index is 14.1. The SMILES string of the molecule is Cc1noc(C)c1-c1ccc(N)c(NC(=O)[C@@H]2CCC(=O)N2c2ccc(F)c(F)c2)c1.Cc1noc(C)c1-c1ccc2c(c1)nc([C@@H]1CCC(=O)N1c1ccc(F)c(F)c1)n2Cc1ccccc1. The van der Waals surface area contributed by atoms with E-state index in [1.165, 1.54) is 17.0 Å². The summed E-state index contributed by atoms with van der Waals surface area (Å²) in [5.41, 5.74) is 14.9. The van der Waals surface area contributed by atoms with E-state index in [0.29, 0.717) is 53.7 Å². The number of carbonyl (C=O) groups excluding carboxylic acids is 3. The highest BCUT2D eigenvalue weighted by atomic mass is 19.2. The van der Waals surface area contributed by atoms with Crippen LogP contribution in [0.3, 0.4) is 0 Å². The molecule has 3 amide bonds. The second-order valence-electron chi connectivity index (χ2n) is 16.8. The summed E-state index contributed by atoms with van der Waals surface area (Å²) in [6, 6.07) is 26.6. The summed E-state index contributed by atoms with van der Waals surface area (Å²) in [7, 11) is 0. The molecule has 8 aromatic rings.